The number of rotatable bonds is 4. The summed E-state index contributed by atoms with van der Waals surface area (Å²) in [7, 11) is 0. The molecule has 0 saturated carbocycles. The molecule has 0 heterocycles. The van der Waals surface area contributed by atoms with Crippen LogP contribution in [0.4, 0.5) is 5.69 Å². The predicted octanol–water partition coefficient (Wildman–Crippen LogP) is 3.72. The lowest BCUT2D eigenvalue weighted by Crippen LogP contribution is -2.07. The highest BCUT2D eigenvalue weighted by Gasteiger charge is 2.07. The third-order valence-corrected chi connectivity index (χ3v) is 3.06. The smallest absolute Gasteiger partial charge is 0.221 e. The van der Waals surface area contributed by atoms with Crippen molar-refractivity contribution < 1.29 is 9.59 Å². The number of benzene rings is 2. The zero-order chi connectivity index (χ0) is 14.5. The van der Waals surface area contributed by atoms with E-state index in [2.05, 4.69) is 5.32 Å². The number of ketones is 1. The quantitative estimate of drug-likeness (QED) is 0.871. The number of nitrogens with one attached hydrogen (secondary N) is 1. The van der Waals surface area contributed by atoms with E-state index in [9.17, 15) is 9.59 Å². The molecule has 0 saturated heterocycles. The monoisotopic (exact) mass is 287 g/mol. The molecule has 0 atom stereocenters. The summed E-state index contributed by atoms with van der Waals surface area (Å²) in [6.07, 6.45) is 0.330. The van der Waals surface area contributed by atoms with Gasteiger partial charge < -0.3 is 5.32 Å². The SMILES string of the molecule is CC(=O)Nc1ccc(C(=O)Cc2ccc(Cl)cc2)cc1. The third-order valence-electron chi connectivity index (χ3n) is 2.81. The van der Waals surface area contributed by atoms with E-state index >= 15 is 0 Å². The first-order valence-electron chi connectivity index (χ1n) is 6.20. The number of anilines is 1. The van der Waals surface area contributed by atoms with E-state index in [1.165, 1.54) is 6.92 Å². The molecule has 0 aliphatic rings. The van der Waals surface area contributed by atoms with E-state index in [1.54, 1.807) is 36.4 Å². The molecule has 0 bridgehead atoms. The molecule has 0 aliphatic heterocycles. The molecule has 0 spiro atoms. The number of Topliss-reactive ketones (excluding diaryl/α,β-unsaturated/α-hetero) is 1. The van der Waals surface area contributed by atoms with E-state index in [4.69, 9.17) is 11.6 Å². The van der Waals surface area contributed by atoms with Gasteiger partial charge >= 0.3 is 0 Å². The van der Waals surface area contributed by atoms with Crippen molar-refractivity contribution in [2.24, 2.45) is 0 Å². The highest BCUT2D eigenvalue weighted by atomic mass is 35.5. The van der Waals surface area contributed by atoms with Gasteiger partial charge in [-0.2, -0.15) is 0 Å². The van der Waals surface area contributed by atoms with Crippen LogP contribution in [0.15, 0.2) is 48.5 Å². The second-order valence-corrected chi connectivity index (χ2v) is 4.92. The summed E-state index contributed by atoms with van der Waals surface area (Å²) in [5.41, 5.74) is 2.22. The van der Waals surface area contributed by atoms with Gasteiger partial charge in [0.15, 0.2) is 5.78 Å². The van der Waals surface area contributed by atoms with Crippen molar-refractivity contribution in [3.63, 3.8) is 0 Å². The van der Waals surface area contributed by atoms with Crippen LogP contribution in [-0.4, -0.2) is 11.7 Å². The number of hydrogen-bond acceptors (Lipinski definition) is 2. The highest BCUT2D eigenvalue weighted by Crippen LogP contribution is 2.14. The summed E-state index contributed by atoms with van der Waals surface area (Å²) in [4.78, 5) is 23.0. The number of carbonyl (C=O) groups is 2. The van der Waals surface area contributed by atoms with Gasteiger partial charge in [-0.25, -0.2) is 0 Å². The van der Waals surface area contributed by atoms with Crippen molar-refractivity contribution in [1.29, 1.82) is 0 Å². The maximum atomic E-state index is 12.1. The van der Waals surface area contributed by atoms with Crippen LogP contribution in [0.5, 0.6) is 0 Å². The Morgan fingerprint density at radius 3 is 2.15 bits per heavy atom. The molecule has 2 aromatic carbocycles. The third kappa shape index (κ3) is 3.93. The molecule has 0 aliphatic carbocycles. The van der Waals surface area contributed by atoms with Gasteiger partial charge in [0.05, 0.1) is 0 Å². The van der Waals surface area contributed by atoms with Gasteiger partial charge in [0.2, 0.25) is 5.91 Å². The molecule has 102 valence electrons. The molecular formula is C16H14ClNO2. The van der Waals surface area contributed by atoms with E-state index in [0.717, 1.165) is 5.56 Å². The molecule has 1 N–H and O–H groups in total. The summed E-state index contributed by atoms with van der Waals surface area (Å²) in [6.45, 7) is 1.44. The van der Waals surface area contributed by atoms with Gasteiger partial charge in [-0.05, 0) is 42.0 Å². The van der Waals surface area contributed by atoms with Crippen molar-refractivity contribution in [3.05, 3.63) is 64.7 Å². The average Bonchev–Trinajstić information content (AvgIpc) is 2.41. The van der Waals surface area contributed by atoms with E-state index in [0.29, 0.717) is 22.7 Å². The lowest BCUT2D eigenvalue weighted by molar-refractivity contribution is -0.114. The zero-order valence-corrected chi connectivity index (χ0v) is 11.8. The first kappa shape index (κ1) is 14.3. The molecule has 2 aromatic rings. The Morgan fingerprint density at radius 2 is 1.60 bits per heavy atom. The standard InChI is InChI=1S/C16H14ClNO2/c1-11(19)18-15-8-4-13(5-9-15)16(20)10-12-2-6-14(17)7-3-12/h2-9H,10H2,1H3,(H,18,19). The van der Waals surface area contributed by atoms with E-state index in [1.807, 2.05) is 12.1 Å². The molecule has 0 unspecified atom stereocenters. The normalized spacial score (nSPS) is 10.1. The summed E-state index contributed by atoms with van der Waals surface area (Å²) >= 11 is 5.80. The van der Waals surface area contributed by atoms with Crippen LogP contribution in [0, 0.1) is 0 Å². The number of halogens is 1. The van der Waals surface area contributed by atoms with Crippen molar-refractivity contribution >= 4 is 29.0 Å². The molecule has 0 aromatic heterocycles. The van der Waals surface area contributed by atoms with Crippen molar-refractivity contribution in [1.82, 2.24) is 0 Å². The van der Waals surface area contributed by atoms with Crippen molar-refractivity contribution in [2.45, 2.75) is 13.3 Å². The van der Waals surface area contributed by atoms with Crippen LogP contribution in [0.25, 0.3) is 0 Å². The minimum absolute atomic E-state index is 0.0293. The van der Waals surface area contributed by atoms with Crippen molar-refractivity contribution in [2.75, 3.05) is 5.32 Å². The van der Waals surface area contributed by atoms with Crippen LogP contribution in [0.2, 0.25) is 5.02 Å². The fourth-order valence-electron chi connectivity index (χ4n) is 1.83. The predicted molar refractivity (Wildman–Crippen MR) is 80.2 cm³/mol. The van der Waals surface area contributed by atoms with Gasteiger partial charge in [0, 0.05) is 29.6 Å². The summed E-state index contributed by atoms with van der Waals surface area (Å²) in [6, 6.07) is 14.1. The van der Waals surface area contributed by atoms with Gasteiger partial charge in [-0.1, -0.05) is 23.7 Å². The molecule has 0 radical (unpaired) electrons. The summed E-state index contributed by atoms with van der Waals surface area (Å²) in [5.74, 6) is -0.105. The Bertz CT molecular complexity index is 618. The topological polar surface area (TPSA) is 46.2 Å². The average molecular weight is 288 g/mol. The number of hydrogen-bond donors (Lipinski definition) is 1. The molecule has 2 rings (SSSR count). The molecule has 4 heteroatoms. The first-order valence-corrected chi connectivity index (χ1v) is 6.58. The fraction of sp³-hybridized carbons (Fsp3) is 0.125. The lowest BCUT2D eigenvalue weighted by Gasteiger charge is -2.04. The fourth-order valence-corrected chi connectivity index (χ4v) is 1.96. The number of carbonyl (C=O) groups excluding carboxylic acids is 2. The van der Waals surface area contributed by atoms with Crippen LogP contribution < -0.4 is 5.32 Å². The van der Waals surface area contributed by atoms with Gasteiger partial charge in [0.1, 0.15) is 0 Å². The Balaban J connectivity index is 2.05. The number of amides is 1. The van der Waals surface area contributed by atoms with Gasteiger partial charge in [-0.15, -0.1) is 0 Å². The molecule has 20 heavy (non-hydrogen) atoms. The Morgan fingerprint density at radius 1 is 1.00 bits per heavy atom. The second-order valence-electron chi connectivity index (χ2n) is 4.48. The Labute approximate surface area is 122 Å². The minimum atomic E-state index is -0.134. The minimum Gasteiger partial charge on any atom is -0.326 e. The Kier molecular flexibility index (Phi) is 4.53. The summed E-state index contributed by atoms with van der Waals surface area (Å²) < 4.78 is 0. The largest absolute Gasteiger partial charge is 0.326 e. The van der Waals surface area contributed by atoms with Crippen LogP contribution >= 0.6 is 11.6 Å². The van der Waals surface area contributed by atoms with E-state index in [-0.39, 0.29) is 11.7 Å². The molecule has 0 fully saturated rings. The summed E-state index contributed by atoms with van der Waals surface area (Å²) in [5, 5.41) is 3.32. The zero-order valence-electron chi connectivity index (χ0n) is 11.0. The Hall–Kier alpha value is -2.13. The second kappa shape index (κ2) is 6.35. The van der Waals surface area contributed by atoms with Crippen LogP contribution in [0.1, 0.15) is 22.8 Å². The highest BCUT2D eigenvalue weighted by molar-refractivity contribution is 6.30. The van der Waals surface area contributed by atoms with Crippen molar-refractivity contribution in [3.8, 4) is 0 Å². The molecular weight excluding hydrogens is 274 g/mol. The van der Waals surface area contributed by atoms with Gasteiger partial charge in [-0.3, -0.25) is 9.59 Å². The maximum absolute atomic E-state index is 12.1. The van der Waals surface area contributed by atoms with E-state index < -0.39 is 0 Å². The molecule has 1 amide bonds. The van der Waals surface area contributed by atoms with Crippen LogP contribution in [0.3, 0.4) is 0 Å². The van der Waals surface area contributed by atoms with Gasteiger partial charge in [0.25, 0.3) is 0 Å². The maximum Gasteiger partial charge on any atom is 0.221 e. The van der Waals surface area contributed by atoms with Crippen LogP contribution in [-0.2, 0) is 11.2 Å². The lowest BCUT2D eigenvalue weighted by atomic mass is 10.0. The molecule has 3 nitrogen and oxygen atoms in total. The first-order chi connectivity index (χ1) is 9.54.